The number of hydrogen-bond donors (Lipinski definition) is 2. The van der Waals surface area contributed by atoms with E-state index in [0.717, 1.165) is 0 Å². The molecule has 3 nitrogen and oxygen atoms in total. The number of nitrogens with two attached hydrogens (primary N) is 1. The fourth-order valence-corrected chi connectivity index (χ4v) is 1.63. The van der Waals surface area contributed by atoms with E-state index >= 15 is 0 Å². The number of halogens is 1. The SMILES string of the molecule is NCCC(=O)c1ccc(F)c2[nH]ccc12. The molecule has 15 heavy (non-hydrogen) atoms. The second-order valence-corrected chi connectivity index (χ2v) is 3.32. The van der Waals surface area contributed by atoms with Gasteiger partial charge in [-0.05, 0) is 24.7 Å². The van der Waals surface area contributed by atoms with Crippen LogP contribution >= 0.6 is 0 Å². The first-order valence-corrected chi connectivity index (χ1v) is 4.73. The number of benzene rings is 1. The van der Waals surface area contributed by atoms with Crippen molar-refractivity contribution >= 4 is 16.7 Å². The maximum atomic E-state index is 13.3. The van der Waals surface area contributed by atoms with E-state index in [4.69, 9.17) is 5.73 Å². The maximum Gasteiger partial charge on any atom is 0.164 e. The van der Waals surface area contributed by atoms with Crippen LogP contribution in [-0.4, -0.2) is 17.3 Å². The first-order valence-electron chi connectivity index (χ1n) is 4.73. The van der Waals surface area contributed by atoms with Crippen LogP contribution in [0, 0.1) is 5.82 Å². The Hall–Kier alpha value is -1.68. The lowest BCUT2D eigenvalue weighted by molar-refractivity contribution is 0.0987. The molecule has 0 aliphatic rings. The third-order valence-electron chi connectivity index (χ3n) is 2.34. The van der Waals surface area contributed by atoms with Gasteiger partial charge in [0.05, 0.1) is 5.52 Å². The lowest BCUT2D eigenvalue weighted by atomic mass is 10.0. The van der Waals surface area contributed by atoms with Gasteiger partial charge >= 0.3 is 0 Å². The third kappa shape index (κ3) is 1.64. The zero-order chi connectivity index (χ0) is 10.8. The molecule has 0 aliphatic heterocycles. The number of H-pyrrole nitrogens is 1. The van der Waals surface area contributed by atoms with Gasteiger partial charge in [-0.15, -0.1) is 0 Å². The van der Waals surface area contributed by atoms with Gasteiger partial charge in [0.25, 0.3) is 0 Å². The van der Waals surface area contributed by atoms with E-state index in [1.807, 2.05) is 0 Å². The number of nitrogens with one attached hydrogen (secondary N) is 1. The predicted molar refractivity (Wildman–Crippen MR) is 56.3 cm³/mol. The lowest BCUT2D eigenvalue weighted by Gasteiger charge is -2.01. The first-order chi connectivity index (χ1) is 7.24. The van der Waals surface area contributed by atoms with E-state index in [1.165, 1.54) is 12.1 Å². The van der Waals surface area contributed by atoms with Gasteiger partial charge < -0.3 is 10.7 Å². The van der Waals surface area contributed by atoms with Crippen molar-refractivity contribution < 1.29 is 9.18 Å². The summed E-state index contributed by atoms with van der Waals surface area (Å²) in [6.45, 7) is 0.308. The van der Waals surface area contributed by atoms with E-state index in [9.17, 15) is 9.18 Å². The van der Waals surface area contributed by atoms with E-state index in [2.05, 4.69) is 4.98 Å². The minimum Gasteiger partial charge on any atom is -0.359 e. The van der Waals surface area contributed by atoms with Crippen molar-refractivity contribution in [3.63, 3.8) is 0 Å². The summed E-state index contributed by atoms with van der Waals surface area (Å²) in [5, 5.41) is 0.619. The summed E-state index contributed by atoms with van der Waals surface area (Å²) in [5.74, 6) is -0.401. The molecule has 4 heteroatoms. The highest BCUT2D eigenvalue weighted by molar-refractivity contribution is 6.07. The zero-order valence-corrected chi connectivity index (χ0v) is 8.09. The average molecular weight is 206 g/mol. The molecule has 0 saturated carbocycles. The Kier molecular flexibility index (Phi) is 2.51. The second-order valence-electron chi connectivity index (χ2n) is 3.32. The predicted octanol–water partition coefficient (Wildman–Crippen LogP) is 1.84. The molecule has 1 aromatic carbocycles. The van der Waals surface area contributed by atoms with E-state index in [1.54, 1.807) is 12.3 Å². The van der Waals surface area contributed by atoms with Crippen molar-refractivity contribution in [3.05, 3.63) is 35.8 Å². The Morgan fingerprint density at radius 1 is 1.40 bits per heavy atom. The Labute approximate surface area is 86.1 Å². The van der Waals surface area contributed by atoms with E-state index < -0.39 is 0 Å². The van der Waals surface area contributed by atoms with Gasteiger partial charge in [-0.25, -0.2) is 4.39 Å². The van der Waals surface area contributed by atoms with Gasteiger partial charge in [0.2, 0.25) is 0 Å². The van der Waals surface area contributed by atoms with Gasteiger partial charge in [0.1, 0.15) is 5.82 Å². The fourth-order valence-electron chi connectivity index (χ4n) is 1.63. The Morgan fingerprint density at radius 2 is 2.20 bits per heavy atom. The molecule has 2 aromatic rings. The molecule has 0 amide bonds. The first kappa shape index (κ1) is 9.86. The molecule has 3 N–H and O–H groups in total. The van der Waals surface area contributed by atoms with Crippen molar-refractivity contribution in [2.45, 2.75) is 6.42 Å². The highest BCUT2D eigenvalue weighted by atomic mass is 19.1. The Morgan fingerprint density at radius 3 is 2.93 bits per heavy atom. The number of Topliss-reactive ketones (excluding diaryl/α,β-unsaturated/α-hetero) is 1. The molecule has 78 valence electrons. The van der Waals surface area contributed by atoms with Gasteiger partial charge in [-0.2, -0.15) is 0 Å². The molecule has 0 saturated heterocycles. The summed E-state index contributed by atoms with van der Waals surface area (Å²) in [6.07, 6.45) is 1.90. The molecule has 0 aliphatic carbocycles. The summed E-state index contributed by atoms with van der Waals surface area (Å²) in [5.41, 5.74) is 6.21. The summed E-state index contributed by atoms with van der Waals surface area (Å²) in [7, 11) is 0. The second kappa shape index (κ2) is 3.82. The van der Waals surface area contributed by atoms with Crippen LogP contribution in [0.25, 0.3) is 10.9 Å². The molecule has 1 aromatic heterocycles. The quantitative estimate of drug-likeness (QED) is 0.753. The van der Waals surface area contributed by atoms with E-state index in [-0.39, 0.29) is 18.0 Å². The number of hydrogen-bond acceptors (Lipinski definition) is 2. The number of aromatic nitrogens is 1. The third-order valence-corrected chi connectivity index (χ3v) is 2.34. The summed E-state index contributed by atoms with van der Waals surface area (Å²) in [4.78, 5) is 14.4. The van der Waals surface area contributed by atoms with Gasteiger partial charge in [0.15, 0.2) is 5.78 Å². The zero-order valence-electron chi connectivity index (χ0n) is 8.09. The largest absolute Gasteiger partial charge is 0.359 e. The normalized spacial score (nSPS) is 10.8. The van der Waals surface area contributed by atoms with E-state index in [0.29, 0.717) is 23.0 Å². The molecular weight excluding hydrogens is 195 g/mol. The molecule has 0 spiro atoms. The standard InChI is InChI=1S/C11H11FN2O/c12-9-2-1-7(10(15)3-5-13)8-4-6-14-11(8)9/h1-2,4,6,14H,3,5,13H2. The molecule has 0 bridgehead atoms. The molecule has 0 atom stereocenters. The topological polar surface area (TPSA) is 58.9 Å². The number of ketones is 1. The summed E-state index contributed by atoms with van der Waals surface area (Å²) < 4.78 is 13.3. The number of carbonyl (C=O) groups is 1. The minimum absolute atomic E-state index is 0.0536. The van der Waals surface area contributed by atoms with Crippen LogP contribution < -0.4 is 5.73 Å². The van der Waals surface area contributed by atoms with Crippen LogP contribution in [0.3, 0.4) is 0 Å². The van der Waals surface area contributed by atoms with Crippen molar-refractivity contribution in [2.24, 2.45) is 5.73 Å². The van der Waals surface area contributed by atoms with Crippen LogP contribution in [0.15, 0.2) is 24.4 Å². The molecule has 0 unspecified atom stereocenters. The van der Waals surface area contributed by atoms with Crippen molar-refractivity contribution in [3.8, 4) is 0 Å². The number of aromatic amines is 1. The van der Waals surface area contributed by atoms with Crippen LogP contribution in [0.4, 0.5) is 4.39 Å². The molecule has 1 heterocycles. The van der Waals surface area contributed by atoms with Crippen LogP contribution in [0.2, 0.25) is 0 Å². The van der Waals surface area contributed by atoms with Gasteiger partial charge in [0, 0.05) is 23.6 Å². The van der Waals surface area contributed by atoms with Crippen molar-refractivity contribution in [1.29, 1.82) is 0 Å². The fraction of sp³-hybridized carbons (Fsp3) is 0.182. The number of carbonyl (C=O) groups excluding carboxylic acids is 1. The number of rotatable bonds is 3. The highest BCUT2D eigenvalue weighted by Crippen LogP contribution is 2.21. The summed E-state index contributed by atoms with van der Waals surface area (Å²) >= 11 is 0. The van der Waals surface area contributed by atoms with Gasteiger partial charge in [-0.1, -0.05) is 0 Å². The molecule has 2 rings (SSSR count). The molecule has 0 fully saturated rings. The maximum absolute atomic E-state index is 13.3. The van der Waals surface area contributed by atoms with Crippen LogP contribution in [0.1, 0.15) is 16.8 Å². The van der Waals surface area contributed by atoms with Gasteiger partial charge in [-0.3, -0.25) is 4.79 Å². The smallest absolute Gasteiger partial charge is 0.164 e. The van der Waals surface area contributed by atoms with Crippen molar-refractivity contribution in [1.82, 2.24) is 4.98 Å². The Balaban J connectivity index is 2.57. The van der Waals surface area contributed by atoms with Crippen LogP contribution in [-0.2, 0) is 0 Å². The summed E-state index contributed by atoms with van der Waals surface area (Å²) in [6, 6.07) is 4.49. The van der Waals surface area contributed by atoms with Crippen molar-refractivity contribution in [2.75, 3.05) is 6.54 Å². The number of fused-ring (bicyclic) bond motifs is 1. The highest BCUT2D eigenvalue weighted by Gasteiger charge is 2.12. The molecular formula is C11H11FN2O. The average Bonchev–Trinajstić information content (AvgIpc) is 2.68. The lowest BCUT2D eigenvalue weighted by Crippen LogP contribution is -2.08. The monoisotopic (exact) mass is 206 g/mol. The molecule has 0 radical (unpaired) electrons. The minimum atomic E-state index is -0.348. The Bertz CT molecular complexity index is 504. The van der Waals surface area contributed by atoms with Crippen LogP contribution in [0.5, 0.6) is 0 Å².